The van der Waals surface area contributed by atoms with Crippen LogP contribution in [0.3, 0.4) is 0 Å². The molecule has 2 aromatic rings. The Balaban J connectivity index is 1.57. The molecule has 1 aromatic heterocycles. The summed E-state index contributed by atoms with van der Waals surface area (Å²) in [5, 5.41) is 3.86. The van der Waals surface area contributed by atoms with Crippen molar-refractivity contribution in [1.82, 2.24) is 5.32 Å². The van der Waals surface area contributed by atoms with Crippen molar-refractivity contribution in [3.8, 4) is 0 Å². The number of fused-ring (bicyclic) bond motifs is 1. The van der Waals surface area contributed by atoms with E-state index in [9.17, 15) is 4.39 Å². The normalized spacial score (nSPS) is 13.8. The molecule has 1 N–H and O–H groups in total. The molecule has 19 heavy (non-hydrogen) atoms. The zero-order chi connectivity index (χ0) is 13.2. The number of halogens is 2. The zero-order valence-corrected chi connectivity index (χ0v) is 12.1. The SMILES string of the molecule is Fc1ccc(CNCc2cc3c(s2)CCC3)c(Cl)c1. The standard InChI is InChI=1S/C15H15ClFNS/c16-14-7-12(17)5-4-11(14)8-18-9-13-6-10-2-1-3-15(10)19-13/h4-7,18H,1-3,8-9H2. The molecule has 4 heteroatoms. The van der Waals surface area contributed by atoms with E-state index in [-0.39, 0.29) is 5.82 Å². The van der Waals surface area contributed by atoms with E-state index in [1.54, 1.807) is 10.9 Å². The van der Waals surface area contributed by atoms with Crippen molar-refractivity contribution in [2.24, 2.45) is 0 Å². The second-order valence-corrected chi connectivity index (χ2v) is 6.48. The van der Waals surface area contributed by atoms with Gasteiger partial charge >= 0.3 is 0 Å². The third-order valence-electron chi connectivity index (χ3n) is 3.43. The summed E-state index contributed by atoms with van der Waals surface area (Å²) in [4.78, 5) is 2.93. The fourth-order valence-electron chi connectivity index (χ4n) is 2.46. The zero-order valence-electron chi connectivity index (χ0n) is 10.5. The van der Waals surface area contributed by atoms with E-state index in [1.807, 2.05) is 11.3 Å². The highest BCUT2D eigenvalue weighted by molar-refractivity contribution is 7.12. The van der Waals surface area contributed by atoms with Gasteiger partial charge in [-0.1, -0.05) is 17.7 Å². The Hall–Kier alpha value is -0.900. The van der Waals surface area contributed by atoms with Crippen LogP contribution in [0.25, 0.3) is 0 Å². The maximum Gasteiger partial charge on any atom is 0.124 e. The van der Waals surface area contributed by atoms with Crippen molar-refractivity contribution in [2.75, 3.05) is 0 Å². The average Bonchev–Trinajstić information content (AvgIpc) is 2.92. The highest BCUT2D eigenvalue weighted by atomic mass is 35.5. The first-order chi connectivity index (χ1) is 9.22. The van der Waals surface area contributed by atoms with Gasteiger partial charge in [0, 0.05) is 27.9 Å². The van der Waals surface area contributed by atoms with Crippen LogP contribution in [0.5, 0.6) is 0 Å². The monoisotopic (exact) mass is 295 g/mol. The third-order valence-corrected chi connectivity index (χ3v) is 5.02. The van der Waals surface area contributed by atoms with Crippen molar-refractivity contribution in [3.05, 3.63) is 56.0 Å². The fraction of sp³-hybridized carbons (Fsp3) is 0.333. The molecule has 0 bridgehead atoms. The predicted molar refractivity (Wildman–Crippen MR) is 78.3 cm³/mol. The van der Waals surface area contributed by atoms with Crippen molar-refractivity contribution >= 4 is 22.9 Å². The van der Waals surface area contributed by atoms with E-state index in [2.05, 4.69) is 11.4 Å². The first-order valence-electron chi connectivity index (χ1n) is 6.47. The lowest BCUT2D eigenvalue weighted by Gasteiger charge is -2.05. The molecule has 0 amide bonds. The van der Waals surface area contributed by atoms with Gasteiger partial charge in [0.25, 0.3) is 0 Å². The lowest BCUT2D eigenvalue weighted by atomic mass is 10.2. The number of benzene rings is 1. The molecule has 0 fully saturated rings. The molecule has 1 nitrogen and oxygen atoms in total. The molecule has 1 heterocycles. The highest BCUT2D eigenvalue weighted by Gasteiger charge is 2.14. The maximum absolute atomic E-state index is 12.9. The molecular formula is C15H15ClFNS. The molecule has 0 spiro atoms. The molecule has 1 aliphatic carbocycles. The van der Waals surface area contributed by atoms with E-state index < -0.39 is 0 Å². The first-order valence-corrected chi connectivity index (χ1v) is 7.67. The van der Waals surface area contributed by atoms with Crippen LogP contribution in [-0.2, 0) is 25.9 Å². The molecule has 1 aromatic carbocycles. The Morgan fingerprint density at radius 1 is 1.21 bits per heavy atom. The van der Waals surface area contributed by atoms with E-state index >= 15 is 0 Å². The minimum absolute atomic E-state index is 0.288. The summed E-state index contributed by atoms with van der Waals surface area (Å²) in [5.74, 6) is -0.288. The summed E-state index contributed by atoms with van der Waals surface area (Å²) in [6.07, 6.45) is 3.78. The van der Waals surface area contributed by atoms with Gasteiger partial charge in [-0.15, -0.1) is 11.3 Å². The van der Waals surface area contributed by atoms with Crippen molar-refractivity contribution in [3.63, 3.8) is 0 Å². The summed E-state index contributed by atoms with van der Waals surface area (Å²) < 4.78 is 12.9. The van der Waals surface area contributed by atoms with Crippen LogP contribution in [0.1, 0.15) is 27.3 Å². The number of hydrogen-bond donors (Lipinski definition) is 1. The van der Waals surface area contributed by atoms with Gasteiger partial charge in [-0.05, 0) is 48.6 Å². The summed E-state index contributed by atoms with van der Waals surface area (Å²) in [5.41, 5.74) is 2.47. The Bertz CT molecular complexity index is 572. The third kappa shape index (κ3) is 2.99. The number of thiophene rings is 1. The van der Waals surface area contributed by atoms with E-state index in [4.69, 9.17) is 11.6 Å². The molecule has 0 aliphatic heterocycles. The molecule has 100 valence electrons. The minimum atomic E-state index is -0.288. The van der Waals surface area contributed by atoms with E-state index in [0.717, 1.165) is 12.1 Å². The van der Waals surface area contributed by atoms with Gasteiger partial charge in [0.2, 0.25) is 0 Å². The summed E-state index contributed by atoms with van der Waals surface area (Å²) in [6.45, 7) is 1.52. The summed E-state index contributed by atoms with van der Waals surface area (Å²) in [7, 11) is 0. The molecule has 0 radical (unpaired) electrons. The van der Waals surface area contributed by atoms with Crippen molar-refractivity contribution in [2.45, 2.75) is 32.4 Å². The molecule has 1 aliphatic rings. The van der Waals surface area contributed by atoms with Gasteiger partial charge in [0.05, 0.1) is 0 Å². The van der Waals surface area contributed by atoms with Gasteiger partial charge in [-0.2, -0.15) is 0 Å². The minimum Gasteiger partial charge on any atom is -0.308 e. The molecule has 0 saturated carbocycles. The quantitative estimate of drug-likeness (QED) is 0.886. The molecule has 3 rings (SSSR count). The largest absolute Gasteiger partial charge is 0.308 e. The highest BCUT2D eigenvalue weighted by Crippen LogP contribution is 2.30. The topological polar surface area (TPSA) is 12.0 Å². The Kier molecular flexibility index (Phi) is 3.87. The fourth-order valence-corrected chi connectivity index (χ4v) is 3.93. The Morgan fingerprint density at radius 2 is 2.11 bits per heavy atom. The van der Waals surface area contributed by atoms with Crippen LogP contribution < -0.4 is 5.32 Å². The van der Waals surface area contributed by atoms with Gasteiger partial charge in [0.1, 0.15) is 5.82 Å². The van der Waals surface area contributed by atoms with Gasteiger partial charge < -0.3 is 5.32 Å². The number of nitrogens with one attached hydrogen (secondary N) is 1. The summed E-state index contributed by atoms with van der Waals surface area (Å²) >= 11 is 7.90. The van der Waals surface area contributed by atoms with Crippen LogP contribution in [0.15, 0.2) is 24.3 Å². The lowest BCUT2D eigenvalue weighted by Crippen LogP contribution is -2.12. The Morgan fingerprint density at radius 3 is 2.89 bits per heavy atom. The summed E-state index contributed by atoms with van der Waals surface area (Å²) in [6, 6.07) is 6.85. The average molecular weight is 296 g/mol. The molecule has 0 unspecified atom stereocenters. The van der Waals surface area contributed by atoms with Gasteiger partial charge in [0.15, 0.2) is 0 Å². The molecule has 0 saturated heterocycles. The maximum atomic E-state index is 12.9. The number of aryl methyl sites for hydroxylation is 2. The van der Waals surface area contributed by atoms with Gasteiger partial charge in [-0.3, -0.25) is 0 Å². The van der Waals surface area contributed by atoms with E-state index in [1.165, 1.54) is 41.8 Å². The van der Waals surface area contributed by atoms with Crippen LogP contribution in [0, 0.1) is 5.82 Å². The van der Waals surface area contributed by atoms with Crippen molar-refractivity contribution in [1.29, 1.82) is 0 Å². The van der Waals surface area contributed by atoms with Crippen molar-refractivity contribution < 1.29 is 4.39 Å². The number of rotatable bonds is 4. The molecular weight excluding hydrogens is 281 g/mol. The van der Waals surface area contributed by atoms with E-state index in [0.29, 0.717) is 11.6 Å². The van der Waals surface area contributed by atoms with Crippen LogP contribution >= 0.6 is 22.9 Å². The van der Waals surface area contributed by atoms with Crippen LogP contribution in [0.2, 0.25) is 5.02 Å². The first kappa shape index (κ1) is 13.1. The number of hydrogen-bond acceptors (Lipinski definition) is 2. The lowest BCUT2D eigenvalue weighted by molar-refractivity contribution is 0.625. The molecule has 0 atom stereocenters. The van der Waals surface area contributed by atoms with Crippen LogP contribution in [-0.4, -0.2) is 0 Å². The second-order valence-electron chi connectivity index (χ2n) is 4.85. The second kappa shape index (κ2) is 5.61. The predicted octanol–water partition coefficient (Wildman–Crippen LogP) is 4.32. The Labute approximate surface area is 121 Å². The van der Waals surface area contributed by atoms with Crippen LogP contribution in [0.4, 0.5) is 4.39 Å². The van der Waals surface area contributed by atoms with Gasteiger partial charge in [-0.25, -0.2) is 4.39 Å². The smallest absolute Gasteiger partial charge is 0.124 e.